The molecule has 1 rings (SSSR count). The van der Waals surface area contributed by atoms with Crippen LogP contribution in [-0.4, -0.2) is 26.4 Å². The van der Waals surface area contributed by atoms with E-state index in [9.17, 15) is 0 Å². The minimum atomic E-state index is 0.616. The summed E-state index contributed by atoms with van der Waals surface area (Å²) in [6.45, 7) is 8.16. The van der Waals surface area contributed by atoms with Crippen molar-refractivity contribution in [1.82, 2.24) is 5.32 Å². The first-order valence-corrected chi connectivity index (χ1v) is 6.37. The van der Waals surface area contributed by atoms with Gasteiger partial charge in [-0.15, -0.1) is 0 Å². The van der Waals surface area contributed by atoms with Crippen LogP contribution in [-0.2, 0) is 11.3 Å². The number of hydrogen-bond donors (Lipinski definition) is 1. The Morgan fingerprint density at radius 1 is 1.12 bits per heavy atom. The smallest absolute Gasteiger partial charge is 0.119 e. The lowest BCUT2D eigenvalue weighted by atomic mass is 10.2. The van der Waals surface area contributed by atoms with E-state index in [0.29, 0.717) is 13.2 Å². The Labute approximate surface area is 104 Å². The molecule has 0 aromatic heterocycles. The van der Waals surface area contributed by atoms with Crippen molar-refractivity contribution < 1.29 is 9.47 Å². The summed E-state index contributed by atoms with van der Waals surface area (Å²) in [4.78, 5) is 0. The van der Waals surface area contributed by atoms with E-state index in [2.05, 4.69) is 31.3 Å². The van der Waals surface area contributed by atoms with Crippen molar-refractivity contribution in [2.45, 2.75) is 26.8 Å². The molecule has 0 fully saturated rings. The lowest BCUT2D eigenvalue weighted by Crippen LogP contribution is -2.12. The van der Waals surface area contributed by atoms with Crippen LogP contribution in [0.15, 0.2) is 24.3 Å². The summed E-state index contributed by atoms with van der Waals surface area (Å²) in [5.74, 6) is 0.917. The normalized spacial score (nSPS) is 10.5. The van der Waals surface area contributed by atoms with Gasteiger partial charge in [0.2, 0.25) is 0 Å². The molecule has 0 heterocycles. The van der Waals surface area contributed by atoms with Gasteiger partial charge in [0.1, 0.15) is 12.4 Å². The highest BCUT2D eigenvalue weighted by atomic mass is 16.5. The second-order valence-corrected chi connectivity index (χ2v) is 3.89. The SMILES string of the molecule is CCCOCCOc1cccc(CNCC)c1. The second-order valence-electron chi connectivity index (χ2n) is 3.89. The van der Waals surface area contributed by atoms with E-state index in [-0.39, 0.29) is 0 Å². The Hall–Kier alpha value is -1.06. The summed E-state index contributed by atoms with van der Waals surface area (Å²) in [7, 11) is 0. The molecule has 0 unspecified atom stereocenters. The Morgan fingerprint density at radius 2 is 2.00 bits per heavy atom. The highest BCUT2D eigenvalue weighted by Crippen LogP contribution is 2.13. The van der Waals surface area contributed by atoms with E-state index >= 15 is 0 Å². The molecule has 96 valence electrons. The molecule has 0 aliphatic heterocycles. The molecule has 0 atom stereocenters. The Balaban J connectivity index is 2.27. The molecule has 0 aliphatic carbocycles. The summed E-state index contributed by atoms with van der Waals surface area (Å²) in [5, 5.41) is 3.30. The highest BCUT2D eigenvalue weighted by Gasteiger charge is 1.96. The zero-order chi connectivity index (χ0) is 12.3. The minimum Gasteiger partial charge on any atom is -0.491 e. The topological polar surface area (TPSA) is 30.5 Å². The molecule has 1 aromatic rings. The fourth-order valence-corrected chi connectivity index (χ4v) is 1.48. The molecule has 0 spiro atoms. The number of benzene rings is 1. The molecular weight excluding hydrogens is 214 g/mol. The average molecular weight is 237 g/mol. The first-order chi connectivity index (χ1) is 8.36. The van der Waals surface area contributed by atoms with Crippen molar-refractivity contribution in [1.29, 1.82) is 0 Å². The molecule has 3 nitrogen and oxygen atoms in total. The zero-order valence-electron chi connectivity index (χ0n) is 10.9. The van der Waals surface area contributed by atoms with Crippen LogP contribution < -0.4 is 10.1 Å². The molecule has 17 heavy (non-hydrogen) atoms. The molecule has 0 amide bonds. The molecule has 0 radical (unpaired) electrons. The molecule has 0 bridgehead atoms. The Kier molecular flexibility index (Phi) is 7.43. The third kappa shape index (κ3) is 6.29. The predicted octanol–water partition coefficient (Wildman–Crippen LogP) is 2.60. The number of ether oxygens (including phenoxy) is 2. The lowest BCUT2D eigenvalue weighted by Gasteiger charge is -2.08. The maximum absolute atomic E-state index is 5.62. The molecule has 1 N–H and O–H groups in total. The van der Waals surface area contributed by atoms with Gasteiger partial charge in [-0.05, 0) is 30.7 Å². The van der Waals surface area contributed by atoms with Gasteiger partial charge in [0.25, 0.3) is 0 Å². The van der Waals surface area contributed by atoms with Crippen molar-refractivity contribution in [2.24, 2.45) is 0 Å². The standard InChI is InChI=1S/C14H23NO2/c1-3-8-16-9-10-17-14-7-5-6-13(11-14)12-15-4-2/h5-7,11,15H,3-4,8-10,12H2,1-2H3. The van der Waals surface area contributed by atoms with E-state index in [1.807, 2.05) is 12.1 Å². The fourth-order valence-electron chi connectivity index (χ4n) is 1.48. The van der Waals surface area contributed by atoms with Gasteiger partial charge in [0.05, 0.1) is 6.61 Å². The quantitative estimate of drug-likeness (QED) is 0.670. The molecule has 3 heteroatoms. The molecule has 1 aromatic carbocycles. The third-order valence-electron chi connectivity index (χ3n) is 2.32. The molecule has 0 aliphatic rings. The number of rotatable bonds is 9. The van der Waals surface area contributed by atoms with Gasteiger partial charge in [-0.2, -0.15) is 0 Å². The van der Waals surface area contributed by atoms with Crippen LogP contribution >= 0.6 is 0 Å². The van der Waals surface area contributed by atoms with Gasteiger partial charge >= 0.3 is 0 Å². The largest absolute Gasteiger partial charge is 0.491 e. The van der Waals surface area contributed by atoms with Crippen LogP contribution in [0, 0.1) is 0 Å². The van der Waals surface area contributed by atoms with Crippen molar-refractivity contribution in [3.63, 3.8) is 0 Å². The highest BCUT2D eigenvalue weighted by molar-refractivity contribution is 5.28. The molecule has 0 saturated heterocycles. The number of hydrogen-bond acceptors (Lipinski definition) is 3. The molecular formula is C14H23NO2. The van der Waals surface area contributed by atoms with Crippen LogP contribution in [0.4, 0.5) is 0 Å². The third-order valence-corrected chi connectivity index (χ3v) is 2.32. The summed E-state index contributed by atoms with van der Waals surface area (Å²) < 4.78 is 11.0. The van der Waals surface area contributed by atoms with E-state index < -0.39 is 0 Å². The van der Waals surface area contributed by atoms with E-state index in [4.69, 9.17) is 9.47 Å². The van der Waals surface area contributed by atoms with Crippen molar-refractivity contribution >= 4 is 0 Å². The van der Waals surface area contributed by atoms with Gasteiger partial charge in [-0.3, -0.25) is 0 Å². The maximum atomic E-state index is 5.62. The van der Waals surface area contributed by atoms with Crippen molar-refractivity contribution in [3.8, 4) is 5.75 Å². The average Bonchev–Trinajstić information content (AvgIpc) is 2.37. The first-order valence-electron chi connectivity index (χ1n) is 6.37. The van der Waals surface area contributed by atoms with Crippen molar-refractivity contribution in [3.05, 3.63) is 29.8 Å². The van der Waals surface area contributed by atoms with E-state index in [1.54, 1.807) is 0 Å². The monoisotopic (exact) mass is 237 g/mol. The summed E-state index contributed by atoms with van der Waals surface area (Å²) in [6, 6.07) is 8.18. The van der Waals surface area contributed by atoms with E-state index in [0.717, 1.165) is 31.9 Å². The van der Waals surface area contributed by atoms with Gasteiger partial charge in [0, 0.05) is 13.2 Å². The summed E-state index contributed by atoms with van der Waals surface area (Å²) >= 11 is 0. The van der Waals surface area contributed by atoms with Gasteiger partial charge in [-0.25, -0.2) is 0 Å². The maximum Gasteiger partial charge on any atom is 0.119 e. The number of nitrogens with one attached hydrogen (secondary N) is 1. The Morgan fingerprint density at radius 3 is 2.76 bits per heavy atom. The summed E-state index contributed by atoms with van der Waals surface area (Å²) in [5.41, 5.74) is 1.25. The zero-order valence-corrected chi connectivity index (χ0v) is 10.9. The van der Waals surface area contributed by atoms with Crippen LogP contribution in [0.3, 0.4) is 0 Å². The van der Waals surface area contributed by atoms with Crippen LogP contribution in [0.1, 0.15) is 25.8 Å². The minimum absolute atomic E-state index is 0.616. The van der Waals surface area contributed by atoms with E-state index in [1.165, 1.54) is 5.56 Å². The second kappa shape index (κ2) is 9.02. The Bertz CT molecular complexity index is 302. The van der Waals surface area contributed by atoms with Crippen LogP contribution in [0.5, 0.6) is 5.75 Å². The van der Waals surface area contributed by atoms with Crippen LogP contribution in [0.25, 0.3) is 0 Å². The van der Waals surface area contributed by atoms with Gasteiger partial charge in [0.15, 0.2) is 0 Å². The van der Waals surface area contributed by atoms with Gasteiger partial charge < -0.3 is 14.8 Å². The molecule has 0 saturated carbocycles. The fraction of sp³-hybridized carbons (Fsp3) is 0.571. The first kappa shape index (κ1) is 14.0. The van der Waals surface area contributed by atoms with Gasteiger partial charge in [-0.1, -0.05) is 26.0 Å². The van der Waals surface area contributed by atoms with Crippen molar-refractivity contribution in [2.75, 3.05) is 26.4 Å². The van der Waals surface area contributed by atoms with Crippen LogP contribution in [0.2, 0.25) is 0 Å². The lowest BCUT2D eigenvalue weighted by molar-refractivity contribution is 0.101. The predicted molar refractivity (Wildman–Crippen MR) is 70.4 cm³/mol. The summed E-state index contributed by atoms with van der Waals surface area (Å²) in [6.07, 6.45) is 1.05.